The minimum Gasteiger partial charge on any atom is -0.457 e. The van der Waals surface area contributed by atoms with Gasteiger partial charge in [0.1, 0.15) is 17.3 Å². The molecule has 0 aliphatic carbocycles. The summed E-state index contributed by atoms with van der Waals surface area (Å²) in [5.41, 5.74) is 6.79. The third kappa shape index (κ3) is 2.89. The zero-order chi connectivity index (χ0) is 13.1. The average molecular weight is 310 g/mol. The van der Waals surface area contributed by atoms with Crippen LogP contribution in [0.3, 0.4) is 0 Å². The van der Waals surface area contributed by atoms with Gasteiger partial charge in [0.15, 0.2) is 0 Å². The van der Waals surface area contributed by atoms with E-state index in [1.807, 2.05) is 31.2 Å². The van der Waals surface area contributed by atoms with Crippen LogP contribution in [0.4, 0.5) is 4.39 Å². The average Bonchev–Trinajstić information content (AvgIpc) is 2.34. The van der Waals surface area contributed by atoms with E-state index in [0.29, 0.717) is 16.0 Å². The van der Waals surface area contributed by atoms with Crippen LogP contribution in [0, 0.1) is 5.82 Å². The molecule has 0 fully saturated rings. The molecule has 0 unspecified atom stereocenters. The van der Waals surface area contributed by atoms with Gasteiger partial charge in [-0.05, 0) is 47.1 Å². The van der Waals surface area contributed by atoms with E-state index in [-0.39, 0.29) is 11.9 Å². The van der Waals surface area contributed by atoms with Crippen molar-refractivity contribution < 1.29 is 9.13 Å². The molecule has 0 heterocycles. The predicted octanol–water partition coefficient (Wildman–Crippen LogP) is 4.40. The van der Waals surface area contributed by atoms with Gasteiger partial charge in [0.2, 0.25) is 0 Å². The summed E-state index contributed by atoms with van der Waals surface area (Å²) >= 11 is 3.13. The van der Waals surface area contributed by atoms with Crippen molar-refractivity contribution in [1.29, 1.82) is 0 Å². The predicted molar refractivity (Wildman–Crippen MR) is 73.2 cm³/mol. The van der Waals surface area contributed by atoms with Crippen LogP contribution in [0.15, 0.2) is 46.9 Å². The van der Waals surface area contributed by atoms with Crippen LogP contribution in [0.5, 0.6) is 11.5 Å². The Morgan fingerprint density at radius 3 is 2.61 bits per heavy atom. The minimum atomic E-state index is -0.317. The second-order valence-electron chi connectivity index (χ2n) is 4.00. The maximum absolute atomic E-state index is 13.1. The fourth-order valence-electron chi connectivity index (χ4n) is 1.62. The fraction of sp³-hybridized carbons (Fsp3) is 0.143. The zero-order valence-electron chi connectivity index (χ0n) is 9.86. The van der Waals surface area contributed by atoms with E-state index in [0.717, 1.165) is 5.56 Å². The summed E-state index contributed by atoms with van der Waals surface area (Å²) in [7, 11) is 0. The van der Waals surface area contributed by atoms with Gasteiger partial charge in [0.05, 0.1) is 4.47 Å². The summed E-state index contributed by atoms with van der Waals surface area (Å²) in [4.78, 5) is 0. The molecule has 2 rings (SSSR count). The molecule has 94 valence electrons. The van der Waals surface area contributed by atoms with Gasteiger partial charge in [-0.2, -0.15) is 0 Å². The standard InChI is InChI=1S/C14H13BrFNO/c1-9(17)11-4-2-3-5-14(11)18-10-6-7-13(16)12(15)8-10/h2-9H,17H2,1H3/t9-/m1/s1. The van der Waals surface area contributed by atoms with Crippen molar-refractivity contribution in [2.75, 3.05) is 0 Å². The molecule has 0 aliphatic rings. The first-order valence-corrected chi connectivity index (χ1v) is 6.34. The van der Waals surface area contributed by atoms with E-state index in [1.165, 1.54) is 6.07 Å². The summed E-state index contributed by atoms with van der Waals surface area (Å²) in [6.45, 7) is 1.89. The smallest absolute Gasteiger partial charge is 0.137 e. The maximum atomic E-state index is 13.1. The molecule has 0 saturated heterocycles. The van der Waals surface area contributed by atoms with Gasteiger partial charge in [0.25, 0.3) is 0 Å². The van der Waals surface area contributed by atoms with E-state index in [4.69, 9.17) is 10.5 Å². The lowest BCUT2D eigenvalue weighted by atomic mass is 10.1. The second-order valence-corrected chi connectivity index (χ2v) is 4.86. The molecule has 4 heteroatoms. The third-order valence-electron chi connectivity index (χ3n) is 2.53. The van der Waals surface area contributed by atoms with Crippen molar-refractivity contribution >= 4 is 15.9 Å². The highest BCUT2D eigenvalue weighted by Gasteiger charge is 2.09. The Balaban J connectivity index is 2.31. The SMILES string of the molecule is C[C@@H](N)c1ccccc1Oc1ccc(F)c(Br)c1. The molecule has 2 aromatic rings. The lowest BCUT2D eigenvalue weighted by Crippen LogP contribution is -2.06. The van der Waals surface area contributed by atoms with E-state index >= 15 is 0 Å². The molecule has 18 heavy (non-hydrogen) atoms. The minimum absolute atomic E-state index is 0.120. The van der Waals surface area contributed by atoms with Crippen molar-refractivity contribution in [3.05, 3.63) is 58.3 Å². The highest BCUT2D eigenvalue weighted by molar-refractivity contribution is 9.10. The van der Waals surface area contributed by atoms with Crippen molar-refractivity contribution in [3.63, 3.8) is 0 Å². The normalized spacial score (nSPS) is 12.2. The van der Waals surface area contributed by atoms with Crippen molar-refractivity contribution in [2.45, 2.75) is 13.0 Å². The molecule has 0 bridgehead atoms. The molecule has 0 aliphatic heterocycles. The molecule has 0 aromatic heterocycles. The summed E-state index contributed by atoms with van der Waals surface area (Å²) in [5.74, 6) is 0.935. The molecule has 2 nitrogen and oxygen atoms in total. The first-order valence-electron chi connectivity index (χ1n) is 5.55. The fourth-order valence-corrected chi connectivity index (χ4v) is 1.97. The Hall–Kier alpha value is -1.39. The summed E-state index contributed by atoms with van der Waals surface area (Å²) in [6, 6.07) is 11.9. The largest absolute Gasteiger partial charge is 0.457 e. The number of hydrogen-bond acceptors (Lipinski definition) is 2. The van der Waals surface area contributed by atoms with Crippen LogP contribution >= 0.6 is 15.9 Å². The Morgan fingerprint density at radius 1 is 1.22 bits per heavy atom. The summed E-state index contributed by atoms with van der Waals surface area (Å²) in [6.07, 6.45) is 0. The Morgan fingerprint density at radius 2 is 1.94 bits per heavy atom. The number of ether oxygens (including phenoxy) is 1. The summed E-state index contributed by atoms with van der Waals surface area (Å²) < 4.78 is 19.2. The zero-order valence-corrected chi connectivity index (χ0v) is 11.4. The van der Waals surface area contributed by atoms with Gasteiger partial charge in [-0.1, -0.05) is 18.2 Å². The Labute approximate surface area is 114 Å². The monoisotopic (exact) mass is 309 g/mol. The van der Waals surface area contributed by atoms with Crippen LogP contribution in [0.25, 0.3) is 0 Å². The van der Waals surface area contributed by atoms with E-state index in [1.54, 1.807) is 12.1 Å². The number of para-hydroxylation sites is 1. The molecule has 1 atom stereocenters. The molecule has 0 saturated carbocycles. The van der Waals surface area contributed by atoms with Gasteiger partial charge < -0.3 is 10.5 Å². The lowest BCUT2D eigenvalue weighted by molar-refractivity contribution is 0.469. The topological polar surface area (TPSA) is 35.2 Å². The van der Waals surface area contributed by atoms with Crippen LogP contribution in [-0.4, -0.2) is 0 Å². The van der Waals surface area contributed by atoms with Crippen molar-refractivity contribution in [1.82, 2.24) is 0 Å². The molecule has 0 radical (unpaired) electrons. The highest BCUT2D eigenvalue weighted by Crippen LogP contribution is 2.30. The van der Waals surface area contributed by atoms with Crippen LogP contribution < -0.4 is 10.5 Å². The number of halogens is 2. The van der Waals surface area contributed by atoms with Gasteiger partial charge in [-0.3, -0.25) is 0 Å². The molecular formula is C14H13BrFNO. The highest BCUT2D eigenvalue weighted by atomic mass is 79.9. The van der Waals surface area contributed by atoms with Gasteiger partial charge in [0, 0.05) is 11.6 Å². The first-order chi connectivity index (χ1) is 8.58. The van der Waals surface area contributed by atoms with Crippen molar-refractivity contribution in [2.24, 2.45) is 5.73 Å². The Kier molecular flexibility index (Phi) is 3.99. The molecular weight excluding hydrogens is 297 g/mol. The Bertz CT molecular complexity index is 557. The number of hydrogen-bond donors (Lipinski definition) is 1. The number of rotatable bonds is 3. The number of benzene rings is 2. The van der Waals surface area contributed by atoms with Gasteiger partial charge >= 0.3 is 0 Å². The van der Waals surface area contributed by atoms with Gasteiger partial charge in [-0.25, -0.2) is 4.39 Å². The van der Waals surface area contributed by atoms with Crippen LogP contribution in [0.1, 0.15) is 18.5 Å². The lowest BCUT2D eigenvalue weighted by Gasteiger charge is -2.13. The van der Waals surface area contributed by atoms with E-state index < -0.39 is 0 Å². The van der Waals surface area contributed by atoms with Crippen molar-refractivity contribution in [3.8, 4) is 11.5 Å². The molecule has 2 N–H and O–H groups in total. The summed E-state index contributed by atoms with van der Waals surface area (Å²) in [5, 5.41) is 0. The second kappa shape index (κ2) is 5.50. The van der Waals surface area contributed by atoms with Crippen LogP contribution in [-0.2, 0) is 0 Å². The molecule has 0 spiro atoms. The molecule has 0 amide bonds. The number of nitrogens with two attached hydrogens (primary N) is 1. The van der Waals surface area contributed by atoms with E-state index in [9.17, 15) is 4.39 Å². The quantitative estimate of drug-likeness (QED) is 0.912. The first kappa shape index (κ1) is 13.1. The maximum Gasteiger partial charge on any atom is 0.137 e. The third-order valence-corrected chi connectivity index (χ3v) is 3.14. The van der Waals surface area contributed by atoms with E-state index in [2.05, 4.69) is 15.9 Å². The van der Waals surface area contributed by atoms with Crippen LogP contribution in [0.2, 0.25) is 0 Å². The molecule has 2 aromatic carbocycles. The van der Waals surface area contributed by atoms with Gasteiger partial charge in [-0.15, -0.1) is 0 Å².